The Morgan fingerprint density at radius 1 is 1.10 bits per heavy atom. The first-order valence-corrected chi connectivity index (χ1v) is 10.5. The normalized spacial score (nSPS) is 14.6. The van der Waals surface area contributed by atoms with Gasteiger partial charge >= 0.3 is 0 Å². The minimum absolute atomic E-state index is 0.566. The number of nitrogens with one attached hydrogen (secondary N) is 1. The summed E-state index contributed by atoms with van der Waals surface area (Å²) in [4.78, 5) is 11.0. The number of hydrogen-bond acceptors (Lipinski definition) is 7. The number of anilines is 1. The van der Waals surface area contributed by atoms with Crippen molar-refractivity contribution in [2.45, 2.75) is 6.92 Å². The second kappa shape index (κ2) is 10.7. The molecule has 31 heavy (non-hydrogen) atoms. The molecule has 3 aromatic rings. The van der Waals surface area contributed by atoms with E-state index in [9.17, 15) is 0 Å². The average molecular weight is 418 g/mol. The van der Waals surface area contributed by atoms with Gasteiger partial charge in [-0.3, -0.25) is 15.3 Å². The summed E-state index contributed by atoms with van der Waals surface area (Å²) >= 11 is 0. The van der Waals surface area contributed by atoms with Gasteiger partial charge in [0.15, 0.2) is 5.82 Å². The molecule has 0 radical (unpaired) electrons. The summed E-state index contributed by atoms with van der Waals surface area (Å²) in [5.41, 5.74) is 7.29. The lowest BCUT2D eigenvalue weighted by molar-refractivity contribution is 0.0320. The van der Waals surface area contributed by atoms with Crippen LogP contribution in [0.15, 0.2) is 66.0 Å². The Hall–Kier alpha value is -3.29. The number of ether oxygens (including phenoxy) is 2. The van der Waals surface area contributed by atoms with Crippen LogP contribution in [0.5, 0.6) is 5.88 Å². The Morgan fingerprint density at radius 3 is 2.74 bits per heavy atom. The second-order valence-corrected chi connectivity index (χ2v) is 7.40. The summed E-state index contributed by atoms with van der Waals surface area (Å²) < 4.78 is 11.4. The Bertz CT molecular complexity index is 1000. The van der Waals surface area contributed by atoms with Gasteiger partial charge in [-0.2, -0.15) is 10.1 Å². The lowest BCUT2D eigenvalue weighted by Crippen LogP contribution is -2.38. The fraction of sp³-hybridized carbons (Fsp3) is 0.292. The zero-order chi connectivity index (χ0) is 21.3. The Morgan fingerprint density at radius 2 is 1.94 bits per heavy atom. The molecule has 1 aliphatic rings. The first-order chi connectivity index (χ1) is 15.3. The summed E-state index contributed by atoms with van der Waals surface area (Å²) in [6.45, 7) is 6.91. The number of aryl methyl sites for hydroxylation is 1. The Kier molecular flexibility index (Phi) is 7.20. The number of morpholine rings is 1. The van der Waals surface area contributed by atoms with Crippen molar-refractivity contribution in [3.05, 3.63) is 72.1 Å². The van der Waals surface area contributed by atoms with E-state index < -0.39 is 0 Å². The Labute approximate surface area is 182 Å². The molecule has 0 spiro atoms. The van der Waals surface area contributed by atoms with Crippen LogP contribution in [-0.4, -0.2) is 60.5 Å². The number of pyridine rings is 2. The van der Waals surface area contributed by atoms with Gasteiger partial charge in [-0.1, -0.05) is 29.8 Å². The van der Waals surface area contributed by atoms with Crippen LogP contribution in [0, 0.1) is 6.92 Å². The molecule has 0 aliphatic carbocycles. The van der Waals surface area contributed by atoms with Crippen molar-refractivity contribution in [1.29, 1.82) is 0 Å². The molecule has 1 aromatic carbocycles. The number of hydrazone groups is 1. The quantitative estimate of drug-likeness (QED) is 0.446. The zero-order valence-corrected chi connectivity index (χ0v) is 17.7. The highest BCUT2D eigenvalue weighted by molar-refractivity contribution is 5.80. The van der Waals surface area contributed by atoms with Crippen LogP contribution in [0.1, 0.15) is 11.1 Å². The molecule has 0 bridgehead atoms. The summed E-state index contributed by atoms with van der Waals surface area (Å²) in [5, 5.41) is 4.36. The molecule has 1 N–H and O–H groups in total. The summed E-state index contributed by atoms with van der Waals surface area (Å²) in [6.07, 6.45) is 5.34. The second-order valence-electron chi connectivity index (χ2n) is 7.40. The van der Waals surface area contributed by atoms with Gasteiger partial charge < -0.3 is 9.47 Å². The fourth-order valence-electron chi connectivity index (χ4n) is 3.37. The van der Waals surface area contributed by atoms with Crippen molar-refractivity contribution in [3.63, 3.8) is 0 Å². The number of nitrogens with zero attached hydrogens (tertiary/aromatic N) is 4. The van der Waals surface area contributed by atoms with Crippen molar-refractivity contribution in [2.24, 2.45) is 5.10 Å². The summed E-state index contributed by atoms with van der Waals surface area (Å²) in [5.74, 6) is 1.19. The van der Waals surface area contributed by atoms with Crippen LogP contribution in [0.25, 0.3) is 11.1 Å². The molecule has 0 amide bonds. The number of hydrogen-bond donors (Lipinski definition) is 1. The first kappa shape index (κ1) is 21.0. The molecule has 160 valence electrons. The molecule has 1 aliphatic heterocycles. The van der Waals surface area contributed by atoms with E-state index in [1.54, 1.807) is 18.6 Å². The van der Waals surface area contributed by atoms with Gasteiger partial charge in [0.25, 0.3) is 0 Å². The molecule has 7 heteroatoms. The highest BCUT2D eigenvalue weighted by Gasteiger charge is 2.11. The molecule has 0 saturated carbocycles. The highest BCUT2D eigenvalue weighted by atomic mass is 16.5. The molecule has 0 atom stereocenters. The van der Waals surface area contributed by atoms with E-state index in [1.165, 1.54) is 5.56 Å². The zero-order valence-electron chi connectivity index (χ0n) is 17.7. The monoisotopic (exact) mass is 417 g/mol. The van der Waals surface area contributed by atoms with Crippen LogP contribution in [0.4, 0.5) is 5.82 Å². The minimum atomic E-state index is 0.566. The smallest absolute Gasteiger partial charge is 0.215 e. The molecule has 4 rings (SSSR count). The van der Waals surface area contributed by atoms with Crippen LogP contribution >= 0.6 is 0 Å². The van der Waals surface area contributed by atoms with E-state index >= 15 is 0 Å². The van der Waals surface area contributed by atoms with Gasteiger partial charge in [0, 0.05) is 38.1 Å². The third kappa shape index (κ3) is 6.34. The molecule has 3 heterocycles. The predicted molar refractivity (Wildman–Crippen MR) is 123 cm³/mol. The lowest BCUT2D eigenvalue weighted by Gasteiger charge is -2.26. The maximum atomic E-state index is 5.99. The average Bonchev–Trinajstić information content (AvgIpc) is 2.80. The van der Waals surface area contributed by atoms with Gasteiger partial charge in [0.05, 0.1) is 19.4 Å². The number of aromatic nitrogens is 2. The van der Waals surface area contributed by atoms with Gasteiger partial charge in [-0.25, -0.2) is 0 Å². The van der Waals surface area contributed by atoms with Crippen molar-refractivity contribution in [2.75, 3.05) is 44.9 Å². The van der Waals surface area contributed by atoms with Crippen LogP contribution < -0.4 is 10.2 Å². The van der Waals surface area contributed by atoms with E-state index in [2.05, 4.69) is 44.5 Å². The molecule has 0 unspecified atom stereocenters. The predicted octanol–water partition coefficient (Wildman–Crippen LogP) is 3.61. The maximum Gasteiger partial charge on any atom is 0.215 e. The van der Waals surface area contributed by atoms with Crippen LogP contribution in [0.2, 0.25) is 0 Å². The van der Waals surface area contributed by atoms with Crippen LogP contribution in [0.3, 0.4) is 0 Å². The van der Waals surface area contributed by atoms with Crippen molar-refractivity contribution < 1.29 is 9.47 Å². The highest BCUT2D eigenvalue weighted by Crippen LogP contribution is 2.25. The fourth-order valence-corrected chi connectivity index (χ4v) is 3.37. The topological polar surface area (TPSA) is 71.9 Å². The maximum absolute atomic E-state index is 5.99. The lowest BCUT2D eigenvalue weighted by atomic mass is 10.1. The van der Waals surface area contributed by atoms with E-state index in [4.69, 9.17) is 9.47 Å². The van der Waals surface area contributed by atoms with E-state index in [0.29, 0.717) is 18.3 Å². The summed E-state index contributed by atoms with van der Waals surface area (Å²) in [6, 6.07) is 16.0. The molecule has 2 aromatic heterocycles. The molecule has 1 fully saturated rings. The number of benzene rings is 1. The minimum Gasteiger partial charge on any atom is -0.476 e. The van der Waals surface area contributed by atoms with Gasteiger partial charge in [-0.15, -0.1) is 0 Å². The molecule has 1 saturated heterocycles. The standard InChI is InChI=1S/C24H27N5O2/c1-19-3-2-4-20(15-19)18-26-28-23-16-22(21-5-7-25-8-6-21)17-24(27-23)31-14-11-29-9-12-30-13-10-29/h2-8,15-18H,9-14H2,1H3,(H,27,28). The van der Waals surface area contributed by atoms with E-state index in [1.807, 2.05) is 36.4 Å². The third-order valence-electron chi connectivity index (χ3n) is 5.01. The SMILES string of the molecule is Cc1cccc(C=NNc2cc(-c3ccncc3)cc(OCCN3CCOCC3)n2)c1. The van der Waals surface area contributed by atoms with E-state index in [0.717, 1.165) is 49.5 Å². The first-order valence-electron chi connectivity index (χ1n) is 10.5. The molecular weight excluding hydrogens is 390 g/mol. The van der Waals surface area contributed by atoms with Crippen LogP contribution in [-0.2, 0) is 4.74 Å². The Balaban J connectivity index is 1.47. The van der Waals surface area contributed by atoms with Gasteiger partial charge in [0.1, 0.15) is 6.61 Å². The van der Waals surface area contributed by atoms with E-state index in [-0.39, 0.29) is 0 Å². The van der Waals surface area contributed by atoms with Gasteiger partial charge in [-0.05, 0) is 41.8 Å². The number of rotatable bonds is 8. The summed E-state index contributed by atoms with van der Waals surface area (Å²) in [7, 11) is 0. The van der Waals surface area contributed by atoms with Crippen molar-refractivity contribution >= 4 is 12.0 Å². The molecule has 7 nitrogen and oxygen atoms in total. The molecular formula is C24H27N5O2. The van der Waals surface area contributed by atoms with Crippen molar-refractivity contribution in [3.8, 4) is 17.0 Å². The van der Waals surface area contributed by atoms with Gasteiger partial charge in [0.2, 0.25) is 5.88 Å². The van der Waals surface area contributed by atoms with Crippen molar-refractivity contribution in [1.82, 2.24) is 14.9 Å². The largest absolute Gasteiger partial charge is 0.476 e. The third-order valence-corrected chi connectivity index (χ3v) is 5.01.